The second-order valence-corrected chi connectivity index (χ2v) is 6.24. The quantitative estimate of drug-likeness (QED) is 0.707. The topological polar surface area (TPSA) is 84.9 Å². The van der Waals surface area contributed by atoms with Crippen molar-refractivity contribution in [1.82, 2.24) is 5.32 Å². The highest BCUT2D eigenvalue weighted by Crippen LogP contribution is 2.17. The van der Waals surface area contributed by atoms with Gasteiger partial charge in [-0.15, -0.1) is 0 Å². The molecule has 2 rings (SSSR count). The monoisotopic (exact) mass is 384 g/mol. The number of carbonyl (C=O) groups is 3. The average Bonchev–Trinajstić information content (AvgIpc) is 2.71. The molecular formula is C21H24N2O5. The van der Waals surface area contributed by atoms with Gasteiger partial charge in [0.05, 0.1) is 12.7 Å². The standard InChI is InChI=1S/C21H24N2O5/c1-15(2)23(16-9-5-4-6-10-16)19(24)14-28-20(25)13-22-21(26)17-11-7-8-12-18(17)27-3/h4-12,15H,13-14H2,1-3H3,(H,22,26). The zero-order valence-electron chi connectivity index (χ0n) is 16.2. The Morgan fingerprint density at radius 2 is 1.64 bits per heavy atom. The molecule has 0 radical (unpaired) electrons. The van der Waals surface area contributed by atoms with Crippen molar-refractivity contribution in [1.29, 1.82) is 0 Å². The molecule has 0 fully saturated rings. The van der Waals surface area contributed by atoms with Crippen LogP contribution in [-0.4, -0.2) is 44.1 Å². The Kier molecular flexibility index (Phi) is 7.56. The van der Waals surface area contributed by atoms with Crippen LogP contribution in [0.3, 0.4) is 0 Å². The van der Waals surface area contributed by atoms with Gasteiger partial charge < -0.3 is 19.7 Å². The van der Waals surface area contributed by atoms with E-state index in [9.17, 15) is 14.4 Å². The molecular weight excluding hydrogens is 360 g/mol. The van der Waals surface area contributed by atoms with E-state index in [2.05, 4.69) is 5.32 Å². The van der Waals surface area contributed by atoms with Crippen LogP contribution in [0, 0.1) is 0 Å². The van der Waals surface area contributed by atoms with E-state index in [-0.39, 0.29) is 18.5 Å². The van der Waals surface area contributed by atoms with Gasteiger partial charge in [0.15, 0.2) is 6.61 Å². The van der Waals surface area contributed by atoms with Gasteiger partial charge in [0, 0.05) is 11.7 Å². The van der Waals surface area contributed by atoms with Crippen LogP contribution in [0.4, 0.5) is 5.69 Å². The molecule has 7 heteroatoms. The van der Waals surface area contributed by atoms with E-state index in [1.807, 2.05) is 44.2 Å². The molecule has 28 heavy (non-hydrogen) atoms. The first-order chi connectivity index (χ1) is 13.4. The van der Waals surface area contributed by atoms with Gasteiger partial charge in [-0.3, -0.25) is 14.4 Å². The zero-order valence-corrected chi connectivity index (χ0v) is 16.2. The minimum atomic E-state index is -0.701. The molecule has 0 aliphatic rings. The summed E-state index contributed by atoms with van der Waals surface area (Å²) in [5.41, 5.74) is 1.03. The molecule has 0 spiro atoms. The molecule has 0 unspecified atom stereocenters. The minimum Gasteiger partial charge on any atom is -0.496 e. The van der Waals surface area contributed by atoms with E-state index in [4.69, 9.17) is 9.47 Å². The Hall–Kier alpha value is -3.35. The number of benzene rings is 2. The molecule has 0 aliphatic heterocycles. The summed E-state index contributed by atoms with van der Waals surface area (Å²) in [6.07, 6.45) is 0. The fourth-order valence-corrected chi connectivity index (χ4v) is 2.66. The molecule has 0 aromatic heterocycles. The van der Waals surface area contributed by atoms with Gasteiger partial charge in [-0.05, 0) is 38.1 Å². The van der Waals surface area contributed by atoms with Gasteiger partial charge in [0.25, 0.3) is 11.8 Å². The normalized spacial score (nSPS) is 10.3. The first-order valence-corrected chi connectivity index (χ1v) is 8.88. The van der Waals surface area contributed by atoms with Gasteiger partial charge in [-0.1, -0.05) is 30.3 Å². The third-order valence-corrected chi connectivity index (χ3v) is 3.92. The SMILES string of the molecule is COc1ccccc1C(=O)NCC(=O)OCC(=O)N(c1ccccc1)C(C)C. The summed E-state index contributed by atoms with van der Waals surface area (Å²) in [6, 6.07) is 15.7. The number of anilines is 1. The lowest BCUT2D eigenvalue weighted by Gasteiger charge is -2.26. The summed E-state index contributed by atoms with van der Waals surface area (Å²) in [5, 5.41) is 2.46. The van der Waals surface area contributed by atoms with E-state index in [0.29, 0.717) is 11.3 Å². The minimum absolute atomic E-state index is 0.0983. The third kappa shape index (κ3) is 5.57. The number of nitrogens with zero attached hydrogens (tertiary/aromatic N) is 1. The maximum Gasteiger partial charge on any atom is 0.325 e. The number of methoxy groups -OCH3 is 1. The summed E-state index contributed by atoms with van der Waals surface area (Å²) < 4.78 is 10.1. The van der Waals surface area contributed by atoms with Crippen molar-refractivity contribution in [2.45, 2.75) is 19.9 Å². The van der Waals surface area contributed by atoms with Gasteiger partial charge in [-0.25, -0.2) is 0 Å². The number of para-hydroxylation sites is 2. The molecule has 0 atom stereocenters. The van der Waals surface area contributed by atoms with Crippen molar-refractivity contribution in [3.05, 3.63) is 60.2 Å². The number of esters is 1. The molecule has 0 aliphatic carbocycles. The van der Waals surface area contributed by atoms with Crippen molar-refractivity contribution in [2.24, 2.45) is 0 Å². The number of nitrogens with one attached hydrogen (secondary N) is 1. The number of amides is 2. The first-order valence-electron chi connectivity index (χ1n) is 8.88. The van der Waals surface area contributed by atoms with Gasteiger partial charge in [0.2, 0.25) is 0 Å². The molecule has 2 aromatic rings. The molecule has 0 heterocycles. The van der Waals surface area contributed by atoms with Crippen LogP contribution < -0.4 is 15.0 Å². The molecule has 0 saturated heterocycles. The summed E-state index contributed by atoms with van der Waals surface area (Å²) in [4.78, 5) is 38.1. The van der Waals surface area contributed by atoms with E-state index in [1.54, 1.807) is 29.2 Å². The maximum absolute atomic E-state index is 12.5. The van der Waals surface area contributed by atoms with Crippen molar-refractivity contribution in [2.75, 3.05) is 25.2 Å². The Balaban J connectivity index is 1.87. The zero-order chi connectivity index (χ0) is 20.5. The number of hydrogen-bond acceptors (Lipinski definition) is 5. The van der Waals surface area contributed by atoms with Crippen molar-refractivity contribution >= 4 is 23.5 Å². The summed E-state index contributed by atoms with van der Waals surface area (Å²) in [7, 11) is 1.46. The fraction of sp³-hybridized carbons (Fsp3) is 0.286. The highest BCUT2D eigenvalue weighted by molar-refractivity contribution is 5.99. The third-order valence-electron chi connectivity index (χ3n) is 3.92. The maximum atomic E-state index is 12.5. The molecule has 7 nitrogen and oxygen atoms in total. The van der Waals surface area contributed by atoms with E-state index < -0.39 is 18.5 Å². The Morgan fingerprint density at radius 1 is 1.00 bits per heavy atom. The fourth-order valence-electron chi connectivity index (χ4n) is 2.66. The van der Waals surface area contributed by atoms with Crippen LogP contribution in [0.25, 0.3) is 0 Å². The Morgan fingerprint density at radius 3 is 2.29 bits per heavy atom. The van der Waals surface area contributed by atoms with Gasteiger partial charge in [-0.2, -0.15) is 0 Å². The van der Waals surface area contributed by atoms with Gasteiger partial charge in [0.1, 0.15) is 12.3 Å². The van der Waals surface area contributed by atoms with E-state index in [0.717, 1.165) is 5.69 Å². The lowest BCUT2D eigenvalue weighted by atomic mass is 10.2. The van der Waals surface area contributed by atoms with E-state index >= 15 is 0 Å². The predicted molar refractivity (Wildman–Crippen MR) is 105 cm³/mol. The highest BCUT2D eigenvalue weighted by atomic mass is 16.5. The predicted octanol–water partition coefficient (Wildman–Crippen LogP) is 2.41. The van der Waals surface area contributed by atoms with Gasteiger partial charge >= 0.3 is 5.97 Å². The number of hydrogen-bond donors (Lipinski definition) is 1. The summed E-state index contributed by atoms with van der Waals surface area (Å²) in [6.45, 7) is 2.99. The Bertz CT molecular complexity index is 821. The van der Waals surface area contributed by atoms with Crippen LogP contribution in [0.1, 0.15) is 24.2 Å². The average molecular weight is 384 g/mol. The van der Waals surface area contributed by atoms with Crippen molar-refractivity contribution in [3.8, 4) is 5.75 Å². The van der Waals surface area contributed by atoms with Crippen LogP contribution >= 0.6 is 0 Å². The smallest absolute Gasteiger partial charge is 0.325 e. The number of rotatable bonds is 8. The molecule has 0 bridgehead atoms. The first kappa shape index (κ1) is 21.0. The second kappa shape index (κ2) is 10.1. The van der Waals surface area contributed by atoms with Crippen LogP contribution in [0.5, 0.6) is 5.75 Å². The largest absolute Gasteiger partial charge is 0.496 e. The molecule has 2 amide bonds. The lowest BCUT2D eigenvalue weighted by molar-refractivity contribution is -0.146. The van der Waals surface area contributed by atoms with E-state index in [1.165, 1.54) is 7.11 Å². The Labute approximate surface area is 164 Å². The summed E-state index contributed by atoms with van der Waals surface area (Å²) in [5.74, 6) is -1.10. The molecule has 2 aromatic carbocycles. The number of ether oxygens (including phenoxy) is 2. The molecule has 148 valence electrons. The number of carbonyl (C=O) groups excluding carboxylic acids is 3. The lowest BCUT2D eigenvalue weighted by Crippen LogP contribution is -2.40. The van der Waals surface area contributed by atoms with Crippen LogP contribution in [0.2, 0.25) is 0 Å². The van der Waals surface area contributed by atoms with Crippen LogP contribution in [-0.2, 0) is 14.3 Å². The highest BCUT2D eigenvalue weighted by Gasteiger charge is 2.20. The second-order valence-electron chi connectivity index (χ2n) is 6.24. The van der Waals surface area contributed by atoms with Crippen LogP contribution in [0.15, 0.2) is 54.6 Å². The molecule has 0 saturated carbocycles. The van der Waals surface area contributed by atoms with Crippen molar-refractivity contribution in [3.63, 3.8) is 0 Å². The summed E-state index contributed by atoms with van der Waals surface area (Å²) >= 11 is 0. The van der Waals surface area contributed by atoms with Crippen molar-refractivity contribution < 1.29 is 23.9 Å². The molecule has 1 N–H and O–H groups in total.